The maximum Gasteiger partial charge on any atom is 0.142 e. The summed E-state index contributed by atoms with van der Waals surface area (Å²) in [6.45, 7) is 7.25. The maximum absolute atomic E-state index is 13.8. The third-order valence-corrected chi connectivity index (χ3v) is 9.76. The molecule has 3 fully saturated rings. The molecule has 1 aromatic heterocycles. The molecule has 0 bridgehead atoms. The Kier molecular flexibility index (Phi) is 4.29. The average Bonchev–Trinajstić information content (AvgIpc) is 3.02. The van der Waals surface area contributed by atoms with Gasteiger partial charge in [0.1, 0.15) is 5.82 Å². The Morgan fingerprint density at radius 3 is 2.64 bits per heavy atom. The third-order valence-electron chi connectivity index (χ3n) is 9.76. The predicted octanol–water partition coefficient (Wildman–Crippen LogP) is 5.86. The van der Waals surface area contributed by atoms with Gasteiger partial charge in [0.2, 0.25) is 0 Å². The summed E-state index contributed by atoms with van der Waals surface area (Å²) < 4.78 is 13.8. The number of nitrogens with zero attached hydrogens (tertiary/aromatic N) is 1. The van der Waals surface area contributed by atoms with Crippen LogP contribution in [0.25, 0.3) is 5.57 Å². The second-order valence-electron chi connectivity index (χ2n) is 10.7. The van der Waals surface area contributed by atoms with Gasteiger partial charge in [0, 0.05) is 6.20 Å². The van der Waals surface area contributed by atoms with Crippen molar-refractivity contribution in [2.45, 2.75) is 71.8 Å². The van der Waals surface area contributed by atoms with Crippen LogP contribution in [-0.4, -0.2) is 16.2 Å². The van der Waals surface area contributed by atoms with E-state index in [0.29, 0.717) is 23.2 Å². The van der Waals surface area contributed by atoms with Gasteiger partial charge >= 0.3 is 0 Å². The molecule has 0 saturated heterocycles. The first-order valence-electron chi connectivity index (χ1n) is 11.3. The summed E-state index contributed by atoms with van der Waals surface area (Å²) in [7, 11) is 0. The minimum absolute atomic E-state index is 0.108. The van der Waals surface area contributed by atoms with Crippen molar-refractivity contribution >= 4 is 5.57 Å². The van der Waals surface area contributed by atoms with E-state index < -0.39 is 0 Å². The number of halogens is 1. The molecule has 1 aromatic rings. The molecule has 6 unspecified atom stereocenters. The molecule has 0 amide bonds. The van der Waals surface area contributed by atoms with E-state index in [0.717, 1.165) is 30.2 Å². The highest BCUT2D eigenvalue weighted by Gasteiger charge is 2.59. The molecule has 1 N–H and O–H groups in total. The number of hydrogen-bond acceptors (Lipinski definition) is 2. The van der Waals surface area contributed by atoms with Gasteiger partial charge in [-0.15, -0.1) is 0 Å². The van der Waals surface area contributed by atoms with Gasteiger partial charge < -0.3 is 5.11 Å². The van der Waals surface area contributed by atoms with Crippen molar-refractivity contribution in [3.8, 4) is 0 Å². The lowest BCUT2D eigenvalue weighted by Crippen LogP contribution is -2.55. The van der Waals surface area contributed by atoms with Gasteiger partial charge in [-0.1, -0.05) is 26.8 Å². The van der Waals surface area contributed by atoms with Gasteiger partial charge in [-0.2, -0.15) is 0 Å². The Morgan fingerprint density at radius 1 is 1.04 bits per heavy atom. The Morgan fingerprint density at radius 2 is 1.86 bits per heavy atom. The first-order chi connectivity index (χ1) is 13.3. The van der Waals surface area contributed by atoms with Crippen molar-refractivity contribution in [3.63, 3.8) is 0 Å². The van der Waals surface area contributed by atoms with Gasteiger partial charge in [0.15, 0.2) is 0 Å². The average molecular weight is 384 g/mol. The van der Waals surface area contributed by atoms with Gasteiger partial charge in [-0.05, 0) is 103 Å². The van der Waals surface area contributed by atoms with Gasteiger partial charge in [-0.3, -0.25) is 4.98 Å². The summed E-state index contributed by atoms with van der Waals surface area (Å²) in [4.78, 5) is 4.12. The van der Waals surface area contributed by atoms with Crippen molar-refractivity contribution in [1.29, 1.82) is 0 Å². The number of aliphatic hydroxyl groups excluding tert-OH is 1. The van der Waals surface area contributed by atoms with Crippen LogP contribution in [0.15, 0.2) is 24.5 Å². The molecule has 0 aromatic carbocycles. The Balaban J connectivity index is 1.45. The standard InChI is InChI=1S/C25H34FNO/c1-15-19-5-4-18-21-7-6-20(16-12-17(26)14-27-13-16)25(21,3)10-8-22(18)24(19,2)11-9-23(15)28/h6,12-15,18-19,21-23,28H,4-5,7-11H2,1-3H3/t15?,18?,19?,21?,22?,23?,24-,25+/m0/s1. The molecule has 0 spiro atoms. The fraction of sp³-hybridized carbons (Fsp3) is 0.720. The molecular weight excluding hydrogens is 349 g/mol. The molecule has 152 valence electrons. The summed E-state index contributed by atoms with van der Waals surface area (Å²) in [6.07, 6.45) is 13.7. The Hall–Kier alpha value is -1.22. The SMILES string of the molecule is CC1C(O)CC[C@@]2(C)C1CCC1C2CC[C@]2(C)C(c3cncc(F)c3)=CCC12. The van der Waals surface area contributed by atoms with Crippen molar-refractivity contribution < 1.29 is 9.50 Å². The van der Waals surface area contributed by atoms with Crippen LogP contribution in [0.2, 0.25) is 0 Å². The molecule has 4 aliphatic carbocycles. The Labute approximate surface area is 168 Å². The largest absolute Gasteiger partial charge is 0.393 e. The molecule has 0 radical (unpaired) electrons. The summed E-state index contributed by atoms with van der Waals surface area (Å²) in [5, 5.41) is 10.5. The molecule has 3 saturated carbocycles. The molecule has 4 aliphatic rings. The monoisotopic (exact) mass is 383 g/mol. The van der Waals surface area contributed by atoms with Crippen LogP contribution in [0.1, 0.15) is 71.3 Å². The van der Waals surface area contributed by atoms with Crippen molar-refractivity contribution in [3.05, 3.63) is 35.9 Å². The maximum atomic E-state index is 13.8. The summed E-state index contributed by atoms with van der Waals surface area (Å²) in [5.41, 5.74) is 2.85. The van der Waals surface area contributed by atoms with Crippen molar-refractivity contribution in [1.82, 2.24) is 4.98 Å². The molecule has 0 aliphatic heterocycles. The highest BCUT2D eigenvalue weighted by atomic mass is 19.1. The van der Waals surface area contributed by atoms with E-state index in [-0.39, 0.29) is 17.3 Å². The van der Waals surface area contributed by atoms with Gasteiger partial charge in [0.05, 0.1) is 12.3 Å². The van der Waals surface area contributed by atoms with Crippen LogP contribution < -0.4 is 0 Å². The third kappa shape index (κ3) is 2.51. The zero-order valence-corrected chi connectivity index (χ0v) is 17.5. The van der Waals surface area contributed by atoms with E-state index in [1.807, 2.05) is 6.20 Å². The van der Waals surface area contributed by atoms with Crippen molar-refractivity contribution in [2.24, 2.45) is 40.4 Å². The number of aromatic nitrogens is 1. The normalized spacial score (nSPS) is 47.7. The lowest BCUT2D eigenvalue weighted by atomic mass is 9.43. The molecule has 5 rings (SSSR count). The molecule has 3 heteroatoms. The van der Waals surface area contributed by atoms with Crippen LogP contribution in [0.3, 0.4) is 0 Å². The zero-order chi connectivity index (χ0) is 19.7. The summed E-state index contributed by atoms with van der Waals surface area (Å²) >= 11 is 0. The molecule has 8 atom stereocenters. The second kappa shape index (κ2) is 6.39. The first kappa shape index (κ1) is 18.8. The molecule has 2 nitrogen and oxygen atoms in total. The van der Waals surface area contributed by atoms with E-state index in [2.05, 4.69) is 31.8 Å². The number of aliphatic hydroxyl groups is 1. The quantitative estimate of drug-likeness (QED) is 0.658. The lowest BCUT2D eigenvalue weighted by molar-refractivity contribution is -0.138. The van der Waals surface area contributed by atoms with Gasteiger partial charge in [-0.25, -0.2) is 4.39 Å². The van der Waals surface area contributed by atoms with Crippen LogP contribution in [0, 0.1) is 46.2 Å². The lowest BCUT2D eigenvalue weighted by Gasteiger charge is -2.62. The van der Waals surface area contributed by atoms with Gasteiger partial charge in [0.25, 0.3) is 0 Å². The van der Waals surface area contributed by atoms with E-state index in [4.69, 9.17) is 0 Å². The highest BCUT2D eigenvalue weighted by molar-refractivity contribution is 5.72. The molecular formula is C25H34FNO. The number of pyridine rings is 1. The van der Waals surface area contributed by atoms with E-state index in [9.17, 15) is 9.50 Å². The smallest absolute Gasteiger partial charge is 0.142 e. The number of rotatable bonds is 1. The van der Waals surface area contributed by atoms with Crippen molar-refractivity contribution in [2.75, 3.05) is 0 Å². The second-order valence-corrected chi connectivity index (χ2v) is 10.7. The van der Waals surface area contributed by atoms with Crippen LogP contribution in [-0.2, 0) is 0 Å². The van der Waals surface area contributed by atoms with Crippen LogP contribution in [0.4, 0.5) is 4.39 Å². The van der Waals surface area contributed by atoms with Crippen LogP contribution >= 0.6 is 0 Å². The molecule has 1 heterocycles. The number of hydrogen-bond donors (Lipinski definition) is 1. The minimum Gasteiger partial charge on any atom is -0.393 e. The van der Waals surface area contributed by atoms with E-state index in [1.54, 1.807) is 6.07 Å². The predicted molar refractivity (Wildman–Crippen MR) is 110 cm³/mol. The fourth-order valence-electron chi connectivity index (χ4n) is 8.28. The highest BCUT2D eigenvalue weighted by Crippen LogP contribution is 2.68. The summed E-state index contributed by atoms with van der Waals surface area (Å²) in [6, 6.07) is 1.67. The number of fused-ring (bicyclic) bond motifs is 5. The first-order valence-corrected chi connectivity index (χ1v) is 11.3. The zero-order valence-electron chi connectivity index (χ0n) is 17.5. The van der Waals surface area contributed by atoms with Crippen LogP contribution in [0.5, 0.6) is 0 Å². The Bertz CT molecular complexity index is 805. The van der Waals surface area contributed by atoms with E-state index >= 15 is 0 Å². The topological polar surface area (TPSA) is 33.1 Å². The fourth-order valence-corrected chi connectivity index (χ4v) is 8.28. The number of allylic oxidation sites excluding steroid dienone is 2. The summed E-state index contributed by atoms with van der Waals surface area (Å²) in [5.74, 6) is 3.08. The van der Waals surface area contributed by atoms with E-state index in [1.165, 1.54) is 43.9 Å². The molecule has 28 heavy (non-hydrogen) atoms. The minimum atomic E-state index is -0.234.